The summed E-state index contributed by atoms with van der Waals surface area (Å²) in [7, 11) is 2.04. The van der Waals surface area contributed by atoms with Crippen molar-refractivity contribution in [1.29, 1.82) is 0 Å². The van der Waals surface area contributed by atoms with Crippen molar-refractivity contribution >= 4 is 33.9 Å². The number of hydrogen-bond acceptors (Lipinski definition) is 2. The molecule has 2 rings (SSSR count). The number of benzene rings is 1. The lowest BCUT2D eigenvalue weighted by Crippen LogP contribution is -2.19. The van der Waals surface area contributed by atoms with E-state index >= 15 is 0 Å². The number of likely N-dealkylation sites (N-methyl/N-ethyl adjacent to an activating group) is 1. The van der Waals surface area contributed by atoms with Gasteiger partial charge in [-0.3, -0.25) is 0 Å². The van der Waals surface area contributed by atoms with Crippen LogP contribution in [0.2, 0.25) is 0 Å². The zero-order chi connectivity index (χ0) is 13.1. The van der Waals surface area contributed by atoms with E-state index in [-0.39, 0.29) is 0 Å². The van der Waals surface area contributed by atoms with Crippen LogP contribution in [0.3, 0.4) is 0 Å². The maximum Gasteiger partial charge on any atom is 0.0656 e. The molecule has 1 unspecified atom stereocenters. The number of halogens is 1. The van der Waals surface area contributed by atoms with Crippen molar-refractivity contribution < 1.29 is 0 Å². The fourth-order valence-corrected chi connectivity index (χ4v) is 3.69. The molecule has 1 aromatic carbocycles. The second kappa shape index (κ2) is 6.17. The van der Waals surface area contributed by atoms with Crippen molar-refractivity contribution in [3.63, 3.8) is 0 Å². The molecule has 0 fully saturated rings. The van der Waals surface area contributed by atoms with Crippen molar-refractivity contribution in [1.82, 2.24) is 5.32 Å². The molecule has 1 N–H and O–H groups in total. The molecule has 0 aliphatic rings. The number of aryl methyl sites for hydroxylation is 2. The lowest BCUT2D eigenvalue weighted by atomic mass is 9.94. The van der Waals surface area contributed by atoms with Gasteiger partial charge in [0.05, 0.1) is 2.88 Å². The first-order chi connectivity index (χ1) is 8.61. The van der Waals surface area contributed by atoms with Crippen LogP contribution in [0, 0.1) is 16.7 Å². The third-order valence-corrected chi connectivity index (χ3v) is 5.20. The number of rotatable bonds is 4. The SMILES string of the molecule is CNC(Cc1c(C)cccc1C)c1csc(I)c1. The van der Waals surface area contributed by atoms with Gasteiger partial charge < -0.3 is 5.32 Å². The summed E-state index contributed by atoms with van der Waals surface area (Å²) in [5.74, 6) is 0. The molecule has 0 spiro atoms. The third-order valence-electron chi connectivity index (χ3n) is 3.39. The van der Waals surface area contributed by atoms with Crippen LogP contribution in [-0.2, 0) is 6.42 Å². The third kappa shape index (κ3) is 3.13. The van der Waals surface area contributed by atoms with Gasteiger partial charge >= 0.3 is 0 Å². The molecule has 18 heavy (non-hydrogen) atoms. The maximum atomic E-state index is 3.44. The number of hydrogen-bond donors (Lipinski definition) is 1. The Kier molecular flexibility index (Phi) is 4.81. The molecule has 1 nitrogen and oxygen atoms in total. The molecule has 0 bridgehead atoms. The molecule has 0 aliphatic heterocycles. The molecular formula is C15H18INS. The van der Waals surface area contributed by atoms with Crippen LogP contribution in [-0.4, -0.2) is 7.05 Å². The van der Waals surface area contributed by atoms with Gasteiger partial charge in [-0.25, -0.2) is 0 Å². The number of thiophene rings is 1. The lowest BCUT2D eigenvalue weighted by Gasteiger charge is -2.18. The summed E-state index contributed by atoms with van der Waals surface area (Å²) >= 11 is 4.20. The Hall–Kier alpha value is -0.390. The first-order valence-corrected chi connectivity index (χ1v) is 8.04. The highest BCUT2D eigenvalue weighted by Crippen LogP contribution is 2.26. The topological polar surface area (TPSA) is 12.0 Å². The normalized spacial score (nSPS) is 12.7. The molecule has 0 radical (unpaired) electrons. The van der Waals surface area contributed by atoms with Crippen molar-refractivity contribution in [2.75, 3.05) is 7.05 Å². The Morgan fingerprint density at radius 2 is 1.94 bits per heavy atom. The van der Waals surface area contributed by atoms with Crippen molar-refractivity contribution in [3.05, 3.63) is 54.8 Å². The summed E-state index contributed by atoms with van der Waals surface area (Å²) in [6, 6.07) is 9.22. The van der Waals surface area contributed by atoms with Gasteiger partial charge in [0, 0.05) is 6.04 Å². The quantitative estimate of drug-likeness (QED) is 0.782. The average molecular weight is 371 g/mol. The molecule has 3 heteroatoms. The Morgan fingerprint density at radius 3 is 2.44 bits per heavy atom. The van der Waals surface area contributed by atoms with E-state index in [1.54, 1.807) is 0 Å². The first kappa shape index (κ1) is 14.0. The van der Waals surface area contributed by atoms with Gasteiger partial charge in [0.25, 0.3) is 0 Å². The predicted molar refractivity (Wildman–Crippen MR) is 88.5 cm³/mol. The Bertz CT molecular complexity index is 513. The monoisotopic (exact) mass is 371 g/mol. The fourth-order valence-electron chi connectivity index (χ4n) is 2.27. The van der Waals surface area contributed by atoms with Gasteiger partial charge in [0.15, 0.2) is 0 Å². The summed E-state index contributed by atoms with van der Waals surface area (Å²) in [6.45, 7) is 4.40. The minimum atomic E-state index is 0.407. The number of nitrogens with one attached hydrogen (secondary N) is 1. The average Bonchev–Trinajstić information content (AvgIpc) is 2.76. The van der Waals surface area contributed by atoms with E-state index < -0.39 is 0 Å². The molecule has 1 aromatic heterocycles. The summed E-state index contributed by atoms with van der Waals surface area (Å²) in [4.78, 5) is 0. The summed E-state index contributed by atoms with van der Waals surface area (Å²) in [5.41, 5.74) is 5.65. The van der Waals surface area contributed by atoms with E-state index in [2.05, 4.69) is 71.4 Å². The first-order valence-electron chi connectivity index (χ1n) is 6.08. The van der Waals surface area contributed by atoms with Gasteiger partial charge in [0.1, 0.15) is 0 Å². The van der Waals surface area contributed by atoms with Gasteiger partial charge in [0.2, 0.25) is 0 Å². The van der Waals surface area contributed by atoms with E-state index in [0.717, 1.165) is 6.42 Å². The van der Waals surface area contributed by atoms with Gasteiger partial charge in [-0.1, -0.05) is 18.2 Å². The molecule has 1 heterocycles. The smallest absolute Gasteiger partial charge is 0.0656 e. The lowest BCUT2D eigenvalue weighted by molar-refractivity contribution is 0.591. The fraction of sp³-hybridized carbons (Fsp3) is 0.333. The standard InChI is InChI=1S/C15H18INS/c1-10-5-4-6-11(2)13(10)8-14(17-3)12-7-15(16)18-9-12/h4-7,9,14,17H,8H2,1-3H3. The van der Waals surface area contributed by atoms with E-state index in [9.17, 15) is 0 Å². The van der Waals surface area contributed by atoms with Crippen LogP contribution in [0.4, 0.5) is 0 Å². The van der Waals surface area contributed by atoms with E-state index in [4.69, 9.17) is 0 Å². The molecule has 0 amide bonds. The highest BCUT2D eigenvalue weighted by atomic mass is 127. The molecule has 96 valence electrons. The van der Waals surface area contributed by atoms with Gasteiger partial charge in [-0.05, 0) is 83.6 Å². The van der Waals surface area contributed by atoms with Crippen LogP contribution in [0.1, 0.15) is 28.3 Å². The van der Waals surface area contributed by atoms with Crippen LogP contribution in [0.25, 0.3) is 0 Å². The minimum absolute atomic E-state index is 0.407. The highest BCUT2D eigenvalue weighted by Gasteiger charge is 2.14. The van der Waals surface area contributed by atoms with Crippen molar-refractivity contribution in [2.24, 2.45) is 0 Å². The Balaban J connectivity index is 2.26. The summed E-state index contributed by atoms with van der Waals surface area (Å²) < 4.78 is 1.35. The highest BCUT2D eigenvalue weighted by molar-refractivity contribution is 14.1. The van der Waals surface area contributed by atoms with Crippen LogP contribution in [0.5, 0.6) is 0 Å². The second-order valence-corrected chi connectivity index (χ2v) is 7.41. The second-order valence-electron chi connectivity index (χ2n) is 4.60. The van der Waals surface area contributed by atoms with Crippen molar-refractivity contribution in [2.45, 2.75) is 26.3 Å². The maximum absolute atomic E-state index is 3.44. The molecule has 0 saturated heterocycles. The van der Waals surface area contributed by atoms with Crippen LogP contribution < -0.4 is 5.32 Å². The Labute approximate surface area is 127 Å². The zero-order valence-corrected chi connectivity index (χ0v) is 13.9. The summed E-state index contributed by atoms with van der Waals surface area (Å²) in [5, 5.41) is 5.70. The largest absolute Gasteiger partial charge is 0.313 e. The molecular weight excluding hydrogens is 353 g/mol. The minimum Gasteiger partial charge on any atom is -0.313 e. The predicted octanol–water partition coefficient (Wildman–Crippen LogP) is 4.47. The van der Waals surface area contributed by atoms with Crippen molar-refractivity contribution in [3.8, 4) is 0 Å². The molecule has 2 aromatic rings. The van der Waals surface area contributed by atoms with Gasteiger partial charge in [-0.2, -0.15) is 0 Å². The molecule has 1 atom stereocenters. The molecule has 0 saturated carbocycles. The van der Waals surface area contributed by atoms with Crippen LogP contribution in [0.15, 0.2) is 29.6 Å². The summed E-state index contributed by atoms with van der Waals surface area (Å²) in [6.07, 6.45) is 1.06. The van der Waals surface area contributed by atoms with E-state index in [1.807, 2.05) is 18.4 Å². The Morgan fingerprint density at radius 1 is 1.28 bits per heavy atom. The zero-order valence-electron chi connectivity index (χ0n) is 11.0. The van der Waals surface area contributed by atoms with Gasteiger partial charge in [-0.15, -0.1) is 11.3 Å². The van der Waals surface area contributed by atoms with E-state index in [0.29, 0.717) is 6.04 Å². The van der Waals surface area contributed by atoms with Crippen LogP contribution >= 0.6 is 33.9 Å². The van der Waals surface area contributed by atoms with E-state index in [1.165, 1.54) is 25.1 Å². The molecule has 0 aliphatic carbocycles.